The second-order valence-electron chi connectivity index (χ2n) is 17.8. The minimum Gasteiger partial charge on any atom is -0.494 e. The van der Waals surface area contributed by atoms with Crippen molar-refractivity contribution in [2.75, 3.05) is 26.2 Å². The number of allylic oxidation sites excluding steroid dienone is 1. The summed E-state index contributed by atoms with van der Waals surface area (Å²) in [4.78, 5) is 38.7. The van der Waals surface area contributed by atoms with E-state index >= 15 is 0 Å². The van der Waals surface area contributed by atoms with Gasteiger partial charge in [0.15, 0.2) is 0 Å². The van der Waals surface area contributed by atoms with E-state index in [2.05, 4.69) is 27.7 Å². The summed E-state index contributed by atoms with van der Waals surface area (Å²) in [5, 5.41) is 0. The Bertz CT molecular complexity index is 1270. The monoisotopic (exact) mass is 744 g/mol. The Morgan fingerprint density at radius 3 is 2.21 bits per heavy atom. The van der Waals surface area contributed by atoms with Gasteiger partial charge in [0.05, 0.1) is 25.2 Å². The van der Waals surface area contributed by atoms with Gasteiger partial charge in [0.25, 0.3) is 0 Å². The van der Waals surface area contributed by atoms with Crippen LogP contribution in [0, 0.1) is 46.3 Å². The Morgan fingerprint density at radius 1 is 0.849 bits per heavy atom. The first-order valence-corrected chi connectivity index (χ1v) is 21.5. The van der Waals surface area contributed by atoms with Gasteiger partial charge >= 0.3 is 17.9 Å². The van der Waals surface area contributed by atoms with Crippen LogP contribution in [0.3, 0.4) is 0 Å². The van der Waals surface area contributed by atoms with Crippen LogP contribution in [-0.2, 0) is 33.3 Å². The number of rotatable bonds is 21. The molecule has 0 unspecified atom stereocenters. The molecule has 10 heteroatoms. The van der Waals surface area contributed by atoms with Gasteiger partial charge in [-0.15, -0.1) is 0 Å². The maximum atomic E-state index is 13.3. The summed E-state index contributed by atoms with van der Waals surface area (Å²) in [5.74, 6) is 1.99. The van der Waals surface area contributed by atoms with Crippen molar-refractivity contribution in [3.63, 3.8) is 0 Å². The molecule has 0 aromatic rings. The van der Waals surface area contributed by atoms with Gasteiger partial charge in [0.2, 0.25) is 0 Å². The van der Waals surface area contributed by atoms with E-state index in [1.807, 2.05) is 0 Å². The van der Waals surface area contributed by atoms with E-state index in [-0.39, 0.29) is 90.1 Å². The van der Waals surface area contributed by atoms with Crippen LogP contribution >= 0.6 is 0 Å². The first kappa shape index (κ1) is 42.0. The molecule has 53 heavy (non-hydrogen) atoms. The van der Waals surface area contributed by atoms with Gasteiger partial charge in [0.1, 0.15) is 18.3 Å². The smallest absolute Gasteiger partial charge is 0.307 e. The lowest BCUT2D eigenvalue weighted by atomic mass is 9.42. The fourth-order valence-corrected chi connectivity index (χ4v) is 11.9. The summed E-state index contributed by atoms with van der Waals surface area (Å²) in [6.45, 7) is 10.9. The van der Waals surface area contributed by atoms with Crippen LogP contribution < -0.4 is 17.2 Å². The molecule has 6 N–H and O–H groups in total. The quantitative estimate of drug-likeness (QED) is 0.0627. The molecule has 0 spiro atoms. The molecule has 11 atom stereocenters. The fraction of sp³-hybridized carbons (Fsp3) is 0.884. The van der Waals surface area contributed by atoms with E-state index in [0.717, 1.165) is 63.5 Å². The molecule has 1 aliphatic heterocycles. The van der Waals surface area contributed by atoms with E-state index < -0.39 is 0 Å². The molecule has 0 aromatic carbocycles. The van der Waals surface area contributed by atoms with Gasteiger partial charge in [-0.1, -0.05) is 72.6 Å². The molecule has 0 aromatic heterocycles. The Labute approximate surface area is 319 Å². The van der Waals surface area contributed by atoms with Gasteiger partial charge in [-0.25, -0.2) is 0 Å². The van der Waals surface area contributed by atoms with Crippen molar-refractivity contribution in [2.24, 2.45) is 63.5 Å². The maximum absolute atomic E-state index is 13.3. The zero-order valence-corrected chi connectivity index (χ0v) is 33.5. The third-order valence-electron chi connectivity index (χ3n) is 14.6. The number of hydrogen-bond acceptors (Lipinski definition) is 10. The average molecular weight is 744 g/mol. The molecule has 4 fully saturated rings. The molecule has 4 aliphatic carbocycles. The molecular weight excluding hydrogens is 670 g/mol. The molecule has 0 amide bonds. The van der Waals surface area contributed by atoms with E-state index in [9.17, 15) is 14.4 Å². The van der Waals surface area contributed by atoms with Crippen molar-refractivity contribution in [2.45, 2.75) is 168 Å². The van der Waals surface area contributed by atoms with Crippen LogP contribution in [0.1, 0.15) is 150 Å². The summed E-state index contributed by atoms with van der Waals surface area (Å²) in [7, 11) is 0. The number of nitrogens with two attached hydrogens (primary N) is 3. The molecule has 4 saturated carbocycles. The van der Waals surface area contributed by atoms with Crippen molar-refractivity contribution in [1.29, 1.82) is 0 Å². The number of esters is 3. The summed E-state index contributed by atoms with van der Waals surface area (Å²) in [6, 6.07) is 0. The molecule has 0 bridgehead atoms. The minimum atomic E-state index is -0.318. The Balaban J connectivity index is 1.33. The molecular formula is C43H73N3O7. The summed E-state index contributed by atoms with van der Waals surface area (Å²) in [6.07, 6.45) is 16.7. The van der Waals surface area contributed by atoms with Gasteiger partial charge < -0.3 is 36.1 Å². The fourth-order valence-electron chi connectivity index (χ4n) is 11.9. The highest BCUT2D eigenvalue weighted by atomic mass is 16.6. The summed E-state index contributed by atoms with van der Waals surface area (Å²) < 4.78 is 25.2. The number of carbonyl (C=O) groups excluding carboxylic acids is 3. The average Bonchev–Trinajstić information content (AvgIpc) is 3.45. The van der Waals surface area contributed by atoms with Crippen LogP contribution in [0.2, 0.25) is 0 Å². The highest BCUT2D eigenvalue weighted by Crippen LogP contribution is 2.72. The van der Waals surface area contributed by atoms with Crippen molar-refractivity contribution < 1.29 is 33.3 Å². The number of carbonyl (C=O) groups is 3. The van der Waals surface area contributed by atoms with E-state index in [1.165, 1.54) is 44.1 Å². The van der Waals surface area contributed by atoms with Gasteiger partial charge in [-0.05, 0) is 98.5 Å². The topological polar surface area (TPSA) is 166 Å². The second kappa shape index (κ2) is 19.1. The second-order valence-corrected chi connectivity index (χ2v) is 17.8. The lowest BCUT2D eigenvalue weighted by Gasteiger charge is -2.65. The van der Waals surface area contributed by atoms with E-state index in [1.54, 1.807) is 0 Å². The number of hydrogen-bond donors (Lipinski definition) is 3. The largest absolute Gasteiger partial charge is 0.494 e. The van der Waals surface area contributed by atoms with Crippen molar-refractivity contribution in [3.8, 4) is 0 Å². The highest BCUT2D eigenvalue weighted by molar-refractivity contribution is 5.70. The first-order chi connectivity index (χ1) is 25.5. The van der Waals surface area contributed by atoms with Crippen molar-refractivity contribution >= 4 is 17.9 Å². The van der Waals surface area contributed by atoms with Crippen LogP contribution in [0.4, 0.5) is 0 Å². The van der Waals surface area contributed by atoms with Gasteiger partial charge in [0, 0.05) is 37.3 Å². The van der Waals surface area contributed by atoms with Crippen LogP contribution in [0.25, 0.3) is 0 Å². The molecule has 5 aliphatic rings. The molecule has 1 heterocycles. The SMILES string of the molecule is CCCCCCCCCCOC(=O)CC[C@@H](C)[C@H]1CC2=C(CCN)O[C@@H]3C[C@@H]4C[C@H](OC(=O)CCN)CC[C@]4(C)[C@H]4C[C@H](OC(=O)CCN)[C@@]1(C)[C@@H]2[C@H]34. The number of ether oxygens (including phenoxy) is 4. The lowest BCUT2D eigenvalue weighted by Crippen LogP contribution is -2.64. The predicted molar refractivity (Wildman–Crippen MR) is 206 cm³/mol. The summed E-state index contributed by atoms with van der Waals surface area (Å²) in [5.41, 5.74) is 18.8. The number of unbranched alkanes of at least 4 members (excludes halogenated alkanes) is 7. The highest BCUT2D eigenvalue weighted by Gasteiger charge is 2.70. The summed E-state index contributed by atoms with van der Waals surface area (Å²) >= 11 is 0. The van der Waals surface area contributed by atoms with Gasteiger partial charge in [-0.3, -0.25) is 14.4 Å². The molecule has 0 radical (unpaired) electrons. The van der Waals surface area contributed by atoms with Crippen molar-refractivity contribution in [3.05, 3.63) is 11.3 Å². The standard InChI is InChI=1S/C43H73N3O7/c1-5-6-7-8-9-10-11-12-23-50-37(47)14-13-28(2)32-26-31-34(16-20-44)52-35-25-29-24-30(51-38(48)17-21-45)15-19-42(29,3)33-27-36(53-39(49)18-22-46)43(32,4)41(31)40(33)35/h28-30,32-33,35-36,40-41H,5-27,44-46H2,1-4H3/t28-,29+,30-,32-,33+,35-,36+,40+,41+,42+,43+/m1/s1. The minimum absolute atomic E-state index is 0.000150. The Morgan fingerprint density at radius 2 is 1.53 bits per heavy atom. The molecule has 302 valence electrons. The third kappa shape index (κ3) is 9.28. The predicted octanol–water partition coefficient (Wildman–Crippen LogP) is 7.10. The number of fused-ring (bicyclic) bond motifs is 2. The van der Waals surface area contributed by atoms with Crippen LogP contribution in [0.15, 0.2) is 11.3 Å². The van der Waals surface area contributed by atoms with Crippen LogP contribution in [0.5, 0.6) is 0 Å². The normalized spacial score (nSPS) is 34.8. The molecule has 5 rings (SSSR count). The zero-order chi connectivity index (χ0) is 38.2. The van der Waals surface area contributed by atoms with Crippen LogP contribution in [-0.4, -0.2) is 62.5 Å². The van der Waals surface area contributed by atoms with Gasteiger partial charge in [-0.2, -0.15) is 0 Å². The third-order valence-corrected chi connectivity index (χ3v) is 14.6. The van der Waals surface area contributed by atoms with Crippen molar-refractivity contribution in [1.82, 2.24) is 0 Å². The maximum Gasteiger partial charge on any atom is 0.307 e. The molecule has 10 nitrogen and oxygen atoms in total. The lowest BCUT2D eigenvalue weighted by molar-refractivity contribution is -0.224. The zero-order valence-electron chi connectivity index (χ0n) is 33.5. The van der Waals surface area contributed by atoms with E-state index in [0.29, 0.717) is 44.4 Å². The molecule has 0 saturated heterocycles. The first-order valence-electron chi connectivity index (χ1n) is 21.5. The Hall–Kier alpha value is -2.17. The van der Waals surface area contributed by atoms with E-state index in [4.69, 9.17) is 36.1 Å². The Kier molecular flexibility index (Phi) is 15.1.